The molecule has 0 saturated heterocycles. The molecule has 2 aliphatic carbocycles. The van der Waals surface area contributed by atoms with Crippen molar-refractivity contribution in [2.45, 2.75) is 51.4 Å². The van der Waals surface area contributed by atoms with Crippen molar-refractivity contribution in [2.75, 3.05) is 4.90 Å². The summed E-state index contributed by atoms with van der Waals surface area (Å²) in [5.74, 6) is 0. The summed E-state index contributed by atoms with van der Waals surface area (Å²) in [7, 11) is 0. The second kappa shape index (κ2) is 11.1. The summed E-state index contributed by atoms with van der Waals surface area (Å²) in [4.78, 5) is 2.51. The van der Waals surface area contributed by atoms with E-state index in [1.54, 1.807) is 0 Å². The van der Waals surface area contributed by atoms with Crippen molar-refractivity contribution >= 4 is 27.8 Å². The Morgan fingerprint density at radius 1 is 0.429 bits per heavy atom. The van der Waals surface area contributed by atoms with Crippen LogP contribution in [0.25, 0.3) is 44.2 Å². The summed E-state index contributed by atoms with van der Waals surface area (Å²) < 4.78 is 0. The molecule has 0 fully saturated rings. The van der Waals surface area contributed by atoms with Gasteiger partial charge in [0, 0.05) is 27.8 Å². The molecule has 0 radical (unpaired) electrons. The van der Waals surface area contributed by atoms with Crippen LogP contribution >= 0.6 is 0 Å². The van der Waals surface area contributed by atoms with E-state index in [1.165, 1.54) is 83.5 Å². The van der Waals surface area contributed by atoms with E-state index < -0.39 is 0 Å². The van der Waals surface area contributed by atoms with Crippen molar-refractivity contribution in [2.24, 2.45) is 0 Å². The maximum Gasteiger partial charge on any atom is 0.0540 e. The van der Waals surface area contributed by atoms with Gasteiger partial charge in [0.25, 0.3) is 0 Å². The lowest BCUT2D eigenvalue weighted by Crippen LogP contribution is -2.23. The molecule has 238 valence electrons. The number of para-hydroxylation sites is 1. The van der Waals surface area contributed by atoms with E-state index in [1.807, 2.05) is 0 Å². The summed E-state index contributed by atoms with van der Waals surface area (Å²) in [6, 6.07) is 56.8. The third-order valence-corrected chi connectivity index (χ3v) is 11.7. The number of nitrogens with zero attached hydrogens (tertiary/aromatic N) is 1. The van der Waals surface area contributed by atoms with Crippen LogP contribution < -0.4 is 4.90 Å². The van der Waals surface area contributed by atoms with Crippen molar-refractivity contribution < 1.29 is 0 Å². The van der Waals surface area contributed by atoms with E-state index in [2.05, 4.69) is 184 Å². The minimum Gasteiger partial charge on any atom is -0.310 e. The van der Waals surface area contributed by atoms with Crippen LogP contribution in [0.5, 0.6) is 0 Å². The van der Waals surface area contributed by atoms with Crippen LogP contribution in [0.15, 0.2) is 152 Å². The lowest BCUT2D eigenvalue weighted by Gasteiger charge is -2.32. The second-order valence-electron chi connectivity index (χ2n) is 14.4. The second-order valence-corrected chi connectivity index (χ2v) is 14.4. The Bertz CT molecular complexity index is 2390. The summed E-state index contributed by atoms with van der Waals surface area (Å²) in [5, 5.41) is 2.59. The van der Waals surface area contributed by atoms with Gasteiger partial charge in [-0.2, -0.15) is 0 Å². The van der Waals surface area contributed by atoms with Crippen LogP contribution in [-0.2, 0) is 10.8 Å². The van der Waals surface area contributed by atoms with Gasteiger partial charge in [-0.05, 0) is 116 Å². The Balaban J connectivity index is 1.29. The van der Waals surface area contributed by atoms with Gasteiger partial charge in [-0.15, -0.1) is 0 Å². The van der Waals surface area contributed by atoms with Crippen molar-refractivity contribution in [1.29, 1.82) is 0 Å². The van der Waals surface area contributed by atoms with Gasteiger partial charge >= 0.3 is 0 Å². The first-order valence-corrected chi connectivity index (χ1v) is 17.8. The SMILES string of the molecule is CCC1(CC)c2ccccc2-c2ccc(N(c3ccc4c(c3)-c3cc5ccccc5cc3C4(C)C)c3ccccc3-c3ccccc3)cc21. The van der Waals surface area contributed by atoms with Gasteiger partial charge in [0.2, 0.25) is 0 Å². The lowest BCUT2D eigenvalue weighted by atomic mass is 9.74. The largest absolute Gasteiger partial charge is 0.310 e. The van der Waals surface area contributed by atoms with E-state index in [0.717, 1.165) is 12.8 Å². The monoisotopic (exact) mass is 631 g/mol. The standard InChI is InChI=1S/C48H41N/c1-5-48(6-2)43-22-14-12-21-38(43)39-26-24-36(31-45(39)48)49(46-23-15-13-20-37(46)32-16-8-7-9-17-32)35-25-27-42-41(30-35)40-28-33-18-10-11-19-34(33)29-44(40)47(42,3)4/h7-31H,5-6H2,1-4H3. The number of anilines is 3. The van der Waals surface area contributed by atoms with Crippen LogP contribution in [0.2, 0.25) is 0 Å². The van der Waals surface area contributed by atoms with E-state index in [4.69, 9.17) is 0 Å². The van der Waals surface area contributed by atoms with Crippen molar-refractivity contribution in [1.82, 2.24) is 0 Å². The Labute approximate surface area is 290 Å². The Kier molecular flexibility index (Phi) is 6.71. The number of hydrogen-bond donors (Lipinski definition) is 0. The first kappa shape index (κ1) is 29.7. The smallest absolute Gasteiger partial charge is 0.0540 e. The van der Waals surface area contributed by atoms with Crippen molar-refractivity contribution in [3.63, 3.8) is 0 Å². The topological polar surface area (TPSA) is 3.24 Å². The van der Waals surface area contributed by atoms with Gasteiger partial charge in [-0.3, -0.25) is 0 Å². The fourth-order valence-electron chi connectivity index (χ4n) is 9.12. The lowest BCUT2D eigenvalue weighted by molar-refractivity contribution is 0.490. The first-order valence-electron chi connectivity index (χ1n) is 17.8. The van der Waals surface area contributed by atoms with Gasteiger partial charge in [-0.25, -0.2) is 0 Å². The molecule has 0 N–H and O–H groups in total. The Morgan fingerprint density at radius 2 is 1.02 bits per heavy atom. The van der Waals surface area contributed by atoms with E-state index >= 15 is 0 Å². The van der Waals surface area contributed by atoms with Gasteiger partial charge < -0.3 is 4.90 Å². The molecule has 0 atom stereocenters. The fourth-order valence-corrected chi connectivity index (χ4v) is 9.12. The zero-order valence-electron chi connectivity index (χ0n) is 28.8. The van der Waals surface area contributed by atoms with Crippen molar-refractivity contribution in [3.05, 3.63) is 174 Å². The van der Waals surface area contributed by atoms with Crippen LogP contribution in [0.4, 0.5) is 17.1 Å². The molecule has 9 rings (SSSR count). The molecular weight excluding hydrogens is 591 g/mol. The van der Waals surface area contributed by atoms with Gasteiger partial charge in [0.15, 0.2) is 0 Å². The van der Waals surface area contributed by atoms with Crippen LogP contribution in [0.3, 0.4) is 0 Å². The normalized spacial score (nSPS) is 14.6. The molecule has 2 aliphatic rings. The summed E-state index contributed by atoms with van der Waals surface area (Å²) in [6.07, 6.45) is 2.13. The highest BCUT2D eigenvalue weighted by molar-refractivity contribution is 5.96. The molecule has 49 heavy (non-hydrogen) atoms. The predicted octanol–water partition coefficient (Wildman–Crippen LogP) is 13.4. The molecule has 0 amide bonds. The zero-order valence-corrected chi connectivity index (χ0v) is 28.8. The van der Waals surface area contributed by atoms with Crippen LogP contribution in [0, 0.1) is 0 Å². The number of hydrogen-bond acceptors (Lipinski definition) is 1. The molecule has 0 unspecified atom stereocenters. The molecule has 0 heterocycles. The average molecular weight is 632 g/mol. The number of fused-ring (bicyclic) bond motifs is 7. The molecule has 0 spiro atoms. The first-order chi connectivity index (χ1) is 23.9. The molecule has 0 aliphatic heterocycles. The van der Waals surface area contributed by atoms with Crippen LogP contribution in [0.1, 0.15) is 62.8 Å². The molecule has 0 saturated carbocycles. The third-order valence-electron chi connectivity index (χ3n) is 11.7. The Hall–Kier alpha value is -5.40. The van der Waals surface area contributed by atoms with E-state index in [-0.39, 0.29) is 10.8 Å². The summed E-state index contributed by atoms with van der Waals surface area (Å²) in [5.41, 5.74) is 17.0. The maximum absolute atomic E-state index is 2.51. The Morgan fingerprint density at radius 3 is 1.80 bits per heavy atom. The molecule has 1 heteroatoms. The summed E-state index contributed by atoms with van der Waals surface area (Å²) >= 11 is 0. The maximum atomic E-state index is 2.51. The zero-order chi connectivity index (χ0) is 33.3. The van der Waals surface area contributed by atoms with Crippen LogP contribution in [-0.4, -0.2) is 0 Å². The van der Waals surface area contributed by atoms with E-state index in [9.17, 15) is 0 Å². The molecule has 7 aromatic carbocycles. The highest BCUT2D eigenvalue weighted by Gasteiger charge is 2.41. The highest BCUT2D eigenvalue weighted by Crippen LogP contribution is 2.56. The molecule has 1 nitrogen and oxygen atoms in total. The quantitative estimate of drug-likeness (QED) is 0.176. The van der Waals surface area contributed by atoms with Gasteiger partial charge in [-0.1, -0.05) is 137 Å². The fraction of sp³-hybridized carbons (Fsp3) is 0.167. The van der Waals surface area contributed by atoms with Crippen molar-refractivity contribution in [3.8, 4) is 33.4 Å². The predicted molar refractivity (Wildman–Crippen MR) is 208 cm³/mol. The minimum absolute atomic E-state index is 0.00545. The molecule has 0 bridgehead atoms. The minimum atomic E-state index is -0.0821. The number of benzene rings is 7. The van der Waals surface area contributed by atoms with Gasteiger partial charge in [0.1, 0.15) is 0 Å². The van der Waals surface area contributed by atoms with Gasteiger partial charge in [0.05, 0.1) is 5.69 Å². The summed E-state index contributed by atoms with van der Waals surface area (Å²) in [6.45, 7) is 9.46. The molecular formula is C48H41N. The number of rotatable bonds is 6. The average Bonchev–Trinajstić information content (AvgIpc) is 3.55. The third kappa shape index (κ3) is 4.31. The highest BCUT2D eigenvalue weighted by atomic mass is 15.1. The van der Waals surface area contributed by atoms with E-state index in [0.29, 0.717) is 0 Å². The molecule has 0 aromatic heterocycles. The molecule has 7 aromatic rings.